The number of benzene rings is 4. The van der Waals surface area contributed by atoms with Crippen molar-refractivity contribution >= 4 is 81.0 Å². The number of ketones is 2. The number of anilines is 6. The molecule has 6 amide bonds. The van der Waals surface area contributed by atoms with Crippen molar-refractivity contribution in [2.24, 2.45) is 20.8 Å². The third-order valence-electron chi connectivity index (χ3n) is 13.7. The quantitative estimate of drug-likeness (QED) is 0.0413. The predicted octanol–water partition coefficient (Wildman–Crippen LogP) is 6.40. The van der Waals surface area contributed by atoms with Crippen LogP contribution in [0.5, 0.6) is 0 Å². The van der Waals surface area contributed by atoms with E-state index >= 15 is 0 Å². The van der Waals surface area contributed by atoms with Crippen LogP contribution >= 0.6 is 0 Å². The molecule has 6 aromatic rings. The fourth-order valence-corrected chi connectivity index (χ4v) is 8.94. The number of amides is 6. The van der Waals surface area contributed by atoms with Crippen molar-refractivity contribution in [1.82, 2.24) is 20.6 Å². The van der Waals surface area contributed by atoms with Gasteiger partial charge in [-0.2, -0.15) is 0 Å². The van der Waals surface area contributed by atoms with E-state index in [4.69, 9.17) is 9.98 Å². The largest absolute Gasteiger partial charge is 0.395 e. The first-order valence-corrected chi connectivity index (χ1v) is 25.4. The maximum atomic E-state index is 14.7. The Morgan fingerprint density at radius 2 is 1.05 bits per heavy atom. The number of nitrogens with zero attached hydrogens (tertiary/aromatic N) is 6. The zero-order valence-corrected chi connectivity index (χ0v) is 43.9. The molecule has 0 saturated heterocycles. The number of benzodiazepines with no additional fused rings is 2. The van der Waals surface area contributed by atoms with Gasteiger partial charge in [-0.15, -0.1) is 0 Å². The summed E-state index contributed by atoms with van der Waals surface area (Å²) in [6, 6.07) is 35.3. The number of rotatable bonds is 20. The van der Waals surface area contributed by atoms with Crippen molar-refractivity contribution in [1.29, 1.82) is 0 Å². The minimum absolute atomic E-state index is 0.196. The number of aliphatic hydroxyl groups excluding tert-OH is 2. The molecule has 2 aromatic heterocycles. The standard InChI is InChI=1S/C58H62N12O8/c1-57(2,34-71)47(73)32-69-45-23-8-6-19-41(45)49(43-21-10-12-26-61-43)65-51(53(69)75)68-56(78)64-40-29-36(28-39(31-40)60-5)16-15-25-58(3,35-72)48(74)33-70-46-24-9-7-20-42(46)50(44-22-11-13-27-62-44)66-52(54(70)76)67-55(77)63-38-18-14-17-37(30-38)59-4/h6-14,17-24,26-31,51-52,59-60,71-72H,15-16,25,32-35H2,1-5H3,(H2,63,67,77)(H2,64,68,78). The van der Waals surface area contributed by atoms with Crippen LogP contribution in [0.1, 0.15) is 61.7 Å². The number of para-hydroxylation sites is 2. The lowest BCUT2D eigenvalue weighted by atomic mass is 9.80. The molecule has 20 nitrogen and oxygen atoms in total. The highest BCUT2D eigenvalue weighted by Crippen LogP contribution is 2.33. The normalized spacial score (nSPS) is 15.9. The minimum atomic E-state index is -1.51. The summed E-state index contributed by atoms with van der Waals surface area (Å²) in [5.41, 5.74) is 3.74. The van der Waals surface area contributed by atoms with Gasteiger partial charge in [-0.25, -0.2) is 19.6 Å². The lowest BCUT2D eigenvalue weighted by molar-refractivity contribution is -0.131. The van der Waals surface area contributed by atoms with Gasteiger partial charge in [0, 0.05) is 65.8 Å². The van der Waals surface area contributed by atoms with E-state index in [0.29, 0.717) is 75.2 Å². The van der Waals surface area contributed by atoms with Crippen LogP contribution in [0.3, 0.4) is 0 Å². The number of carbonyl (C=O) groups excluding carboxylic acids is 6. The molecule has 0 saturated carbocycles. The number of hydrogen-bond donors (Lipinski definition) is 8. The van der Waals surface area contributed by atoms with Crippen molar-refractivity contribution < 1.29 is 39.0 Å². The summed E-state index contributed by atoms with van der Waals surface area (Å²) in [6.07, 6.45) is 1.15. The van der Waals surface area contributed by atoms with Crippen LogP contribution in [0, 0.1) is 10.8 Å². The number of aryl methyl sites for hydroxylation is 1. The summed E-state index contributed by atoms with van der Waals surface area (Å²) in [6.45, 7) is 2.97. The van der Waals surface area contributed by atoms with Crippen molar-refractivity contribution in [3.63, 3.8) is 0 Å². The number of aromatic nitrogens is 2. The van der Waals surface area contributed by atoms with Gasteiger partial charge in [0.15, 0.2) is 11.6 Å². The number of urea groups is 2. The molecule has 0 radical (unpaired) electrons. The molecular weight excluding hydrogens is 993 g/mol. The van der Waals surface area contributed by atoms with Crippen molar-refractivity contribution in [2.75, 3.05) is 71.5 Å². The Morgan fingerprint density at radius 3 is 1.56 bits per heavy atom. The lowest BCUT2D eigenvalue weighted by Crippen LogP contribution is -2.51. The second kappa shape index (κ2) is 24.2. The second-order valence-electron chi connectivity index (χ2n) is 19.7. The van der Waals surface area contributed by atoms with Gasteiger partial charge in [-0.3, -0.25) is 29.1 Å². The van der Waals surface area contributed by atoms with Crippen LogP contribution in [-0.4, -0.2) is 120 Å². The van der Waals surface area contributed by atoms with Gasteiger partial charge in [0.1, 0.15) is 0 Å². The zero-order valence-electron chi connectivity index (χ0n) is 43.9. The van der Waals surface area contributed by atoms with Crippen LogP contribution in [-0.2, 0) is 25.6 Å². The highest BCUT2D eigenvalue weighted by molar-refractivity contribution is 6.21. The van der Waals surface area contributed by atoms with Gasteiger partial charge >= 0.3 is 12.1 Å². The first kappa shape index (κ1) is 55.1. The van der Waals surface area contributed by atoms with E-state index in [-0.39, 0.29) is 6.42 Å². The van der Waals surface area contributed by atoms with E-state index in [1.165, 1.54) is 9.80 Å². The maximum Gasteiger partial charge on any atom is 0.321 e. The van der Waals surface area contributed by atoms with Gasteiger partial charge in [-0.1, -0.05) is 75.4 Å². The second-order valence-corrected chi connectivity index (χ2v) is 19.7. The van der Waals surface area contributed by atoms with E-state index in [0.717, 1.165) is 11.3 Å². The number of carbonyl (C=O) groups is 6. The third-order valence-corrected chi connectivity index (χ3v) is 13.7. The molecule has 0 fully saturated rings. The predicted molar refractivity (Wildman–Crippen MR) is 300 cm³/mol. The molecule has 4 heterocycles. The van der Waals surface area contributed by atoms with E-state index < -0.39 is 84.9 Å². The molecule has 0 bridgehead atoms. The molecule has 20 heteroatoms. The molecule has 2 aliphatic rings. The summed E-state index contributed by atoms with van der Waals surface area (Å²) in [5, 5.41) is 38.0. The van der Waals surface area contributed by atoms with Gasteiger partial charge in [0.25, 0.3) is 11.8 Å². The molecule has 78 heavy (non-hydrogen) atoms. The molecule has 0 aliphatic carbocycles. The van der Waals surface area contributed by atoms with Gasteiger partial charge in [-0.05, 0) is 97.6 Å². The molecule has 402 valence electrons. The Morgan fingerprint density at radius 1 is 0.564 bits per heavy atom. The first-order valence-electron chi connectivity index (χ1n) is 25.4. The molecule has 3 atom stereocenters. The van der Waals surface area contributed by atoms with Crippen molar-refractivity contribution in [2.45, 2.75) is 52.4 Å². The molecule has 0 spiro atoms. The lowest BCUT2D eigenvalue weighted by Gasteiger charge is -2.31. The highest BCUT2D eigenvalue weighted by Gasteiger charge is 2.40. The smallest absolute Gasteiger partial charge is 0.321 e. The minimum Gasteiger partial charge on any atom is -0.395 e. The number of Topliss-reactive ketones (excluding diaryl/α,β-unsaturated/α-hetero) is 2. The number of nitrogens with one attached hydrogen (secondary N) is 6. The molecule has 8 rings (SSSR count). The topological polar surface area (TPSA) is 272 Å². The number of aliphatic hydroxyl groups is 2. The highest BCUT2D eigenvalue weighted by atomic mass is 16.3. The van der Waals surface area contributed by atoms with Gasteiger partial charge in [0.05, 0.1) is 65.9 Å². The Bertz CT molecular complexity index is 3280. The summed E-state index contributed by atoms with van der Waals surface area (Å²) >= 11 is 0. The third kappa shape index (κ3) is 12.6. The molecule has 3 unspecified atom stereocenters. The Labute approximate surface area is 451 Å². The Hall–Kier alpha value is -9.14. The molecular formula is C58H62N12O8. The number of fused-ring (bicyclic) bond motifs is 2. The van der Waals surface area contributed by atoms with Crippen molar-refractivity contribution in [3.8, 4) is 0 Å². The SMILES string of the molecule is CNc1cc(CCCC(C)(CO)C(=O)CN2C(=O)C(NC(=O)Nc3cccc(NC)c3)N=C(c3ccccn3)c3ccccc32)cc(NC(=O)NC2N=C(c3ccccn3)c3ccccc3N(CC(=O)C(C)(C)CO)C2=O)c1. The average Bonchev–Trinajstić information content (AvgIpc) is 3.68. The fourth-order valence-electron chi connectivity index (χ4n) is 8.94. The van der Waals surface area contributed by atoms with Gasteiger partial charge < -0.3 is 51.9 Å². The van der Waals surface area contributed by atoms with E-state index in [1.54, 1.807) is 163 Å². The van der Waals surface area contributed by atoms with Crippen molar-refractivity contribution in [3.05, 3.63) is 168 Å². The molecule has 2 aliphatic heterocycles. The van der Waals surface area contributed by atoms with Crippen LogP contribution in [0.15, 0.2) is 150 Å². The van der Waals surface area contributed by atoms with Crippen LogP contribution in [0.2, 0.25) is 0 Å². The summed E-state index contributed by atoms with van der Waals surface area (Å²) in [7, 11) is 3.47. The molecule has 4 aromatic carbocycles. The van der Waals surface area contributed by atoms with E-state index in [2.05, 4.69) is 41.9 Å². The van der Waals surface area contributed by atoms with Crippen LogP contribution < -0.4 is 41.7 Å². The number of aliphatic imine (C=N–C) groups is 2. The van der Waals surface area contributed by atoms with Crippen LogP contribution in [0.4, 0.5) is 43.7 Å². The first-order chi connectivity index (χ1) is 37.5. The monoisotopic (exact) mass is 1050 g/mol. The summed E-state index contributed by atoms with van der Waals surface area (Å²) in [5.74, 6) is -2.21. The zero-order chi connectivity index (χ0) is 55.6. The average molecular weight is 1060 g/mol. The number of hydrogen-bond acceptors (Lipinski definition) is 14. The van der Waals surface area contributed by atoms with Gasteiger partial charge in [0.2, 0.25) is 12.3 Å². The summed E-state index contributed by atoms with van der Waals surface area (Å²) in [4.78, 5) is 106. The maximum absolute atomic E-state index is 14.7. The molecule has 8 N–H and O–H groups in total. The Kier molecular flexibility index (Phi) is 17.1. The van der Waals surface area contributed by atoms with Crippen LogP contribution in [0.25, 0.3) is 0 Å². The number of pyridine rings is 2. The summed E-state index contributed by atoms with van der Waals surface area (Å²) < 4.78 is 0. The van der Waals surface area contributed by atoms with E-state index in [9.17, 15) is 39.0 Å². The van der Waals surface area contributed by atoms with E-state index in [1.807, 2.05) is 12.1 Å². The fraction of sp³-hybridized carbons (Fsp3) is 0.276. The Balaban J connectivity index is 0.988.